The molecule has 2 aromatic carbocycles. The topological polar surface area (TPSA) is 117 Å². The van der Waals surface area contributed by atoms with Gasteiger partial charge in [-0.25, -0.2) is 8.42 Å². The quantitative estimate of drug-likeness (QED) is 0.405. The molecule has 2 aromatic rings. The monoisotopic (exact) mass is 661 g/mol. The molecule has 4 rings (SSSR count). The van der Waals surface area contributed by atoms with Crippen molar-refractivity contribution in [3.63, 3.8) is 0 Å². The number of aliphatic hydroxyl groups is 1. The average Bonchev–Trinajstić information content (AvgIpc) is 3.31. The third-order valence-corrected chi connectivity index (χ3v) is 10.3. The van der Waals surface area contributed by atoms with Crippen molar-refractivity contribution < 1.29 is 41.0 Å². The Balaban J connectivity index is 1.62. The number of methoxy groups -OCH3 is 1. The number of nitrogens with zero attached hydrogens (tertiary/aromatic N) is 1. The number of β-amino-alcohol motifs (C(OH)–C–C–N with tert-alkyl or cyclic N) is 1. The van der Waals surface area contributed by atoms with E-state index >= 15 is 0 Å². The largest absolute Gasteiger partial charge is 0.497 e. The first-order valence-electron chi connectivity index (χ1n) is 14.6. The Morgan fingerprint density at radius 3 is 2.64 bits per heavy atom. The highest BCUT2D eigenvalue weighted by molar-refractivity contribution is 7.89. The highest BCUT2D eigenvalue weighted by Crippen LogP contribution is 2.42. The van der Waals surface area contributed by atoms with E-state index < -0.39 is 52.5 Å². The highest BCUT2D eigenvalue weighted by Gasteiger charge is 2.38. The molecule has 1 heterocycles. The zero-order valence-electron chi connectivity index (χ0n) is 24.6. The van der Waals surface area contributed by atoms with E-state index in [1.54, 1.807) is 31.4 Å². The highest BCUT2D eigenvalue weighted by atomic mass is 35.5. The first-order valence-corrected chi connectivity index (χ1v) is 16.5. The zero-order valence-corrected chi connectivity index (χ0v) is 26.2. The van der Waals surface area contributed by atoms with Crippen LogP contribution in [0, 0.1) is 0 Å². The van der Waals surface area contributed by atoms with Gasteiger partial charge in [0.05, 0.1) is 37.5 Å². The van der Waals surface area contributed by atoms with Crippen LogP contribution in [0.1, 0.15) is 60.9 Å². The van der Waals surface area contributed by atoms with E-state index in [1.165, 1.54) is 0 Å². The normalized spacial score (nSPS) is 25.5. The van der Waals surface area contributed by atoms with Crippen LogP contribution in [-0.4, -0.2) is 81.2 Å². The van der Waals surface area contributed by atoms with Gasteiger partial charge in [0.2, 0.25) is 15.9 Å². The summed E-state index contributed by atoms with van der Waals surface area (Å²) in [6.45, 7) is 0.408. The first kappa shape index (κ1) is 34.5. The van der Waals surface area contributed by atoms with Gasteiger partial charge in [-0.1, -0.05) is 29.8 Å². The van der Waals surface area contributed by atoms with Crippen LogP contribution in [-0.2, 0) is 26.0 Å². The van der Waals surface area contributed by atoms with Gasteiger partial charge in [-0.3, -0.25) is 4.79 Å². The lowest BCUT2D eigenvalue weighted by Gasteiger charge is -2.31. The van der Waals surface area contributed by atoms with Crippen LogP contribution in [0.3, 0.4) is 0 Å². The number of benzene rings is 2. The van der Waals surface area contributed by atoms with Gasteiger partial charge in [0, 0.05) is 31.3 Å². The van der Waals surface area contributed by atoms with Crippen molar-refractivity contribution in [3.8, 4) is 5.75 Å². The molecule has 2 aliphatic rings. The van der Waals surface area contributed by atoms with Gasteiger partial charge < -0.3 is 25.2 Å². The number of aliphatic hydroxyl groups excluding tert-OH is 1. The number of halogens is 4. The molecule has 14 heteroatoms. The lowest BCUT2D eigenvalue weighted by Crippen LogP contribution is -2.55. The van der Waals surface area contributed by atoms with Gasteiger partial charge in [-0.2, -0.15) is 17.5 Å². The van der Waals surface area contributed by atoms with E-state index in [0.717, 1.165) is 28.0 Å². The molecule has 1 saturated heterocycles. The number of fused-ring (bicyclic) bond motifs is 5. The summed E-state index contributed by atoms with van der Waals surface area (Å²) >= 11 is 6.18. The van der Waals surface area contributed by atoms with Crippen molar-refractivity contribution in [1.82, 2.24) is 14.9 Å². The molecule has 244 valence electrons. The van der Waals surface area contributed by atoms with Gasteiger partial charge in [0.1, 0.15) is 11.8 Å². The number of sulfonamides is 1. The summed E-state index contributed by atoms with van der Waals surface area (Å²) in [6, 6.07) is 10.4. The summed E-state index contributed by atoms with van der Waals surface area (Å²) in [5.74, 6) is -1.19. The lowest BCUT2D eigenvalue weighted by molar-refractivity contribution is -0.130. The van der Waals surface area contributed by atoms with Crippen molar-refractivity contribution in [2.24, 2.45) is 0 Å². The maximum absolute atomic E-state index is 13.7. The summed E-state index contributed by atoms with van der Waals surface area (Å²) in [6.07, 6.45) is -5.83. The Morgan fingerprint density at radius 2 is 1.93 bits per heavy atom. The zero-order chi connectivity index (χ0) is 32.1. The van der Waals surface area contributed by atoms with Gasteiger partial charge >= 0.3 is 6.18 Å². The van der Waals surface area contributed by atoms with Crippen LogP contribution in [0.4, 0.5) is 13.2 Å². The van der Waals surface area contributed by atoms with Crippen molar-refractivity contribution >= 4 is 27.5 Å². The SMILES string of the molecule is COc1ccc2c(c1)[C@@H]1C[C@H]2OCCCC[C@H](N(C)S(=O)(=O)CCC(F)(F)F)C(=O)N[C@@H](Cc2cccc(Cl)c2)[C@H](O)CN1. The van der Waals surface area contributed by atoms with E-state index in [9.17, 15) is 31.5 Å². The van der Waals surface area contributed by atoms with Crippen molar-refractivity contribution in [2.45, 2.75) is 75.0 Å². The molecule has 44 heavy (non-hydrogen) atoms. The number of hydrogen-bond donors (Lipinski definition) is 3. The molecule has 0 unspecified atom stereocenters. The fourth-order valence-electron chi connectivity index (χ4n) is 5.71. The summed E-state index contributed by atoms with van der Waals surface area (Å²) < 4.78 is 76.8. The molecule has 0 saturated carbocycles. The number of carbonyl (C=O) groups is 1. The maximum atomic E-state index is 13.7. The Bertz CT molecular complexity index is 1400. The minimum atomic E-state index is -4.67. The number of rotatable bonds is 7. The number of hydrogen-bond acceptors (Lipinski definition) is 7. The van der Waals surface area contributed by atoms with E-state index in [4.69, 9.17) is 21.1 Å². The summed E-state index contributed by atoms with van der Waals surface area (Å²) in [5.41, 5.74) is 2.73. The molecule has 1 aliphatic heterocycles. The minimum absolute atomic E-state index is 0.0518. The number of alkyl halides is 3. The second-order valence-electron chi connectivity index (χ2n) is 11.3. The Morgan fingerprint density at radius 1 is 1.16 bits per heavy atom. The second kappa shape index (κ2) is 14.8. The molecule has 3 N–H and O–H groups in total. The number of carbonyl (C=O) groups excluding carboxylic acids is 1. The average molecular weight is 662 g/mol. The fraction of sp³-hybridized carbons (Fsp3) is 0.567. The van der Waals surface area contributed by atoms with Crippen LogP contribution >= 0.6 is 11.6 Å². The minimum Gasteiger partial charge on any atom is -0.497 e. The van der Waals surface area contributed by atoms with Crippen LogP contribution < -0.4 is 15.4 Å². The molecule has 1 amide bonds. The predicted octanol–water partition coefficient (Wildman–Crippen LogP) is 4.30. The van der Waals surface area contributed by atoms with Gasteiger partial charge in [0.25, 0.3) is 0 Å². The third-order valence-electron chi connectivity index (χ3n) is 8.19. The molecule has 2 bridgehead atoms. The molecular formula is C30H39ClF3N3O6S. The molecular weight excluding hydrogens is 623 g/mol. The molecule has 1 aliphatic carbocycles. The Kier molecular flexibility index (Phi) is 11.6. The first-order chi connectivity index (χ1) is 20.8. The van der Waals surface area contributed by atoms with E-state index in [2.05, 4.69) is 10.6 Å². The van der Waals surface area contributed by atoms with Gasteiger partial charge in [-0.05, 0) is 73.1 Å². The Labute approximate surface area is 261 Å². The van der Waals surface area contributed by atoms with Gasteiger partial charge in [0.15, 0.2) is 0 Å². The predicted molar refractivity (Wildman–Crippen MR) is 160 cm³/mol. The second-order valence-corrected chi connectivity index (χ2v) is 13.9. The summed E-state index contributed by atoms with van der Waals surface area (Å²) in [5, 5.41) is 18.1. The van der Waals surface area contributed by atoms with Crippen molar-refractivity contribution in [1.29, 1.82) is 0 Å². The Hall–Kier alpha value is -2.42. The summed E-state index contributed by atoms with van der Waals surface area (Å²) in [4.78, 5) is 13.7. The van der Waals surface area contributed by atoms with Gasteiger partial charge in [-0.15, -0.1) is 0 Å². The number of amides is 1. The molecule has 0 spiro atoms. The van der Waals surface area contributed by atoms with E-state index in [0.29, 0.717) is 36.6 Å². The molecule has 9 nitrogen and oxygen atoms in total. The fourth-order valence-corrected chi connectivity index (χ4v) is 7.28. The molecule has 1 fully saturated rings. The number of ether oxygens (including phenoxy) is 2. The lowest BCUT2D eigenvalue weighted by atomic mass is 9.99. The number of nitrogens with one attached hydrogen (secondary N) is 2. The third kappa shape index (κ3) is 9.07. The smallest absolute Gasteiger partial charge is 0.390 e. The van der Waals surface area contributed by atoms with Crippen LogP contribution in [0.15, 0.2) is 42.5 Å². The maximum Gasteiger partial charge on any atom is 0.390 e. The molecule has 0 radical (unpaired) electrons. The van der Waals surface area contributed by atoms with Crippen LogP contribution in [0.25, 0.3) is 0 Å². The van der Waals surface area contributed by atoms with Crippen LogP contribution in [0.2, 0.25) is 5.02 Å². The van der Waals surface area contributed by atoms with Crippen molar-refractivity contribution in [2.75, 3.05) is 33.1 Å². The van der Waals surface area contributed by atoms with E-state index in [1.807, 2.05) is 18.2 Å². The molecule has 5 atom stereocenters. The molecule has 0 aromatic heterocycles. The standard InChI is InChI=1S/C30H39ClF3N3O6S/c1-37(44(40,41)13-11-30(32,33)34)26-8-3-4-12-43-28-17-24(23-16-21(42-2)9-10-22(23)28)35-18-27(38)25(36-29(26)39)15-19-6-5-7-20(31)14-19/h5-7,9-10,14,16,24-28,35,38H,3-4,8,11-13,15,17-18H2,1-2H3,(H,36,39)/t24-,25-,26-,27+,28+/m0/s1. The van der Waals surface area contributed by atoms with E-state index in [-0.39, 0.29) is 31.5 Å². The summed E-state index contributed by atoms with van der Waals surface area (Å²) in [7, 11) is -1.73. The number of likely N-dealkylation sites (N-methyl/N-ethyl adjacent to an activating group) is 1. The van der Waals surface area contributed by atoms with Crippen molar-refractivity contribution in [3.05, 3.63) is 64.2 Å². The van der Waals surface area contributed by atoms with Crippen LogP contribution in [0.5, 0.6) is 5.75 Å².